The first-order chi connectivity index (χ1) is 13.6. The van der Waals surface area contributed by atoms with E-state index in [0.717, 1.165) is 31.9 Å². The Hall–Kier alpha value is -2.09. The molecule has 1 aromatic heterocycles. The zero-order chi connectivity index (χ0) is 19.9. The smallest absolute Gasteiger partial charge is 0.224 e. The van der Waals surface area contributed by atoms with Crippen molar-refractivity contribution < 1.29 is 19.0 Å². The van der Waals surface area contributed by atoms with E-state index >= 15 is 0 Å². The van der Waals surface area contributed by atoms with E-state index in [0.29, 0.717) is 17.9 Å². The van der Waals surface area contributed by atoms with Gasteiger partial charge in [0.2, 0.25) is 5.91 Å². The Bertz CT molecular complexity index is 760. The number of ether oxygens (including phenoxy) is 3. The van der Waals surface area contributed by atoms with Gasteiger partial charge < -0.3 is 19.5 Å². The highest BCUT2D eigenvalue weighted by molar-refractivity contribution is 7.10. The number of rotatable bonds is 8. The molecule has 2 aromatic rings. The first kappa shape index (κ1) is 20.6. The van der Waals surface area contributed by atoms with Crippen LogP contribution in [0.1, 0.15) is 23.4 Å². The highest BCUT2D eigenvalue weighted by Crippen LogP contribution is 2.30. The van der Waals surface area contributed by atoms with Crippen molar-refractivity contribution in [2.75, 3.05) is 40.5 Å². The van der Waals surface area contributed by atoms with Crippen LogP contribution in [0.3, 0.4) is 0 Å². The largest absolute Gasteiger partial charge is 0.493 e. The molecule has 0 bridgehead atoms. The van der Waals surface area contributed by atoms with Crippen LogP contribution in [0.4, 0.5) is 0 Å². The molecule has 1 aliphatic rings. The molecule has 1 amide bonds. The van der Waals surface area contributed by atoms with Gasteiger partial charge in [0, 0.05) is 24.0 Å². The van der Waals surface area contributed by atoms with Crippen LogP contribution in [0, 0.1) is 0 Å². The number of carbonyl (C=O) groups excluding carboxylic acids is 1. The van der Waals surface area contributed by atoms with Crippen molar-refractivity contribution in [3.8, 4) is 11.5 Å². The zero-order valence-corrected chi connectivity index (χ0v) is 17.5. The van der Waals surface area contributed by atoms with Crippen molar-refractivity contribution in [1.29, 1.82) is 0 Å². The molecular weight excluding hydrogens is 376 g/mol. The van der Waals surface area contributed by atoms with Crippen LogP contribution in [0.25, 0.3) is 0 Å². The van der Waals surface area contributed by atoms with Crippen LogP contribution >= 0.6 is 11.3 Å². The number of hydrogen-bond donors (Lipinski definition) is 1. The lowest BCUT2D eigenvalue weighted by Crippen LogP contribution is -2.48. The Balaban J connectivity index is 1.67. The average Bonchev–Trinajstić information content (AvgIpc) is 3.23. The number of hydrogen-bond acceptors (Lipinski definition) is 6. The van der Waals surface area contributed by atoms with Crippen LogP contribution in [-0.2, 0) is 16.0 Å². The summed E-state index contributed by atoms with van der Waals surface area (Å²) in [6.45, 7) is 5.28. The van der Waals surface area contributed by atoms with Gasteiger partial charge in [-0.2, -0.15) is 0 Å². The van der Waals surface area contributed by atoms with Gasteiger partial charge in [-0.3, -0.25) is 9.69 Å². The standard InChI is InChI=1S/C21H28N2O4S/c1-15(21(19-5-4-12-28-19)23-8-10-27-11-9-23)22-20(24)14-16-6-7-17(25-2)18(13-16)26-3/h4-7,12-13,15,21H,8-11,14H2,1-3H3,(H,22,24)/t15-,21+/m1/s1. The molecule has 152 valence electrons. The summed E-state index contributed by atoms with van der Waals surface area (Å²) in [4.78, 5) is 16.4. The summed E-state index contributed by atoms with van der Waals surface area (Å²) < 4.78 is 16.1. The minimum atomic E-state index is -0.00982. The molecule has 28 heavy (non-hydrogen) atoms. The van der Waals surface area contributed by atoms with Gasteiger partial charge in [-0.1, -0.05) is 12.1 Å². The highest BCUT2D eigenvalue weighted by Gasteiger charge is 2.29. The summed E-state index contributed by atoms with van der Waals surface area (Å²) in [5.74, 6) is 1.28. The number of nitrogens with zero attached hydrogens (tertiary/aromatic N) is 1. The molecule has 0 radical (unpaired) electrons. The summed E-state index contributed by atoms with van der Waals surface area (Å²) >= 11 is 1.73. The highest BCUT2D eigenvalue weighted by atomic mass is 32.1. The Labute approximate surface area is 170 Å². The summed E-state index contributed by atoms with van der Waals surface area (Å²) in [7, 11) is 3.19. The lowest BCUT2D eigenvalue weighted by molar-refractivity contribution is -0.121. The lowest BCUT2D eigenvalue weighted by atomic mass is 10.0. The quantitative estimate of drug-likeness (QED) is 0.733. The maximum absolute atomic E-state index is 12.7. The third kappa shape index (κ3) is 5.04. The summed E-state index contributed by atoms with van der Waals surface area (Å²) in [6.07, 6.45) is 0.297. The molecule has 1 fully saturated rings. The van der Waals surface area contributed by atoms with Crippen molar-refractivity contribution in [2.24, 2.45) is 0 Å². The predicted molar refractivity (Wildman–Crippen MR) is 110 cm³/mol. The van der Waals surface area contributed by atoms with E-state index in [1.54, 1.807) is 25.6 Å². The fraction of sp³-hybridized carbons (Fsp3) is 0.476. The van der Waals surface area contributed by atoms with Gasteiger partial charge in [0.1, 0.15) is 0 Å². The summed E-state index contributed by atoms with van der Waals surface area (Å²) in [5.41, 5.74) is 0.890. The SMILES string of the molecule is COc1ccc(CC(=O)N[C@H](C)[C@@H](c2cccs2)N2CCOCC2)cc1OC. The Morgan fingerprint density at radius 1 is 1.21 bits per heavy atom. The Kier molecular flexibility index (Phi) is 7.30. The first-order valence-corrected chi connectivity index (χ1v) is 10.4. The molecule has 7 heteroatoms. The third-order valence-electron chi connectivity index (χ3n) is 4.95. The zero-order valence-electron chi connectivity index (χ0n) is 16.6. The van der Waals surface area contributed by atoms with Gasteiger partial charge in [-0.25, -0.2) is 0 Å². The number of carbonyl (C=O) groups is 1. The van der Waals surface area contributed by atoms with Crippen molar-refractivity contribution in [3.63, 3.8) is 0 Å². The number of methoxy groups -OCH3 is 2. The van der Waals surface area contributed by atoms with Crippen molar-refractivity contribution in [2.45, 2.75) is 25.4 Å². The van der Waals surface area contributed by atoms with Gasteiger partial charge >= 0.3 is 0 Å². The number of morpholine rings is 1. The molecule has 2 atom stereocenters. The topological polar surface area (TPSA) is 60.0 Å². The van der Waals surface area contributed by atoms with Gasteiger partial charge in [-0.05, 0) is 36.1 Å². The number of nitrogens with one attached hydrogen (secondary N) is 1. The molecule has 1 N–H and O–H groups in total. The van der Waals surface area contributed by atoms with E-state index in [1.165, 1.54) is 4.88 Å². The molecular formula is C21H28N2O4S. The molecule has 1 aromatic carbocycles. The molecule has 6 nitrogen and oxygen atoms in total. The van der Waals surface area contributed by atoms with Crippen molar-refractivity contribution in [1.82, 2.24) is 10.2 Å². The minimum absolute atomic E-state index is 0.00506. The predicted octanol–water partition coefficient (Wildman–Crippen LogP) is 2.89. The van der Waals surface area contributed by atoms with Crippen LogP contribution in [0.15, 0.2) is 35.7 Å². The number of thiophene rings is 1. The molecule has 0 spiro atoms. The Morgan fingerprint density at radius 3 is 2.61 bits per heavy atom. The van der Waals surface area contributed by atoms with E-state index < -0.39 is 0 Å². The van der Waals surface area contributed by atoms with Gasteiger partial charge in [0.05, 0.1) is 39.9 Å². The second-order valence-corrected chi connectivity index (χ2v) is 7.81. The lowest BCUT2D eigenvalue weighted by Gasteiger charge is -2.37. The van der Waals surface area contributed by atoms with Gasteiger partial charge in [-0.15, -0.1) is 11.3 Å². The normalized spacial score (nSPS) is 17.0. The minimum Gasteiger partial charge on any atom is -0.493 e. The molecule has 0 unspecified atom stereocenters. The molecule has 1 saturated heterocycles. The monoisotopic (exact) mass is 404 g/mol. The van der Waals surface area contributed by atoms with Crippen LogP contribution in [0.2, 0.25) is 0 Å². The van der Waals surface area contributed by atoms with Gasteiger partial charge in [0.25, 0.3) is 0 Å². The number of benzene rings is 1. The Morgan fingerprint density at radius 2 is 1.96 bits per heavy atom. The van der Waals surface area contributed by atoms with E-state index in [-0.39, 0.29) is 18.0 Å². The fourth-order valence-electron chi connectivity index (χ4n) is 3.62. The van der Waals surface area contributed by atoms with Gasteiger partial charge in [0.15, 0.2) is 11.5 Å². The van der Waals surface area contributed by atoms with E-state index in [2.05, 4.69) is 34.7 Å². The van der Waals surface area contributed by atoms with Crippen LogP contribution in [0.5, 0.6) is 11.5 Å². The second-order valence-electron chi connectivity index (χ2n) is 6.83. The maximum atomic E-state index is 12.7. The van der Waals surface area contributed by atoms with E-state index in [9.17, 15) is 4.79 Å². The van der Waals surface area contributed by atoms with Crippen molar-refractivity contribution >= 4 is 17.2 Å². The maximum Gasteiger partial charge on any atom is 0.224 e. The summed E-state index contributed by atoms with van der Waals surface area (Å²) in [6, 6.07) is 9.91. The number of amides is 1. The molecule has 0 saturated carbocycles. The van der Waals surface area contributed by atoms with E-state index in [4.69, 9.17) is 14.2 Å². The second kappa shape index (κ2) is 9.91. The first-order valence-electron chi connectivity index (χ1n) is 9.48. The van der Waals surface area contributed by atoms with Crippen molar-refractivity contribution in [3.05, 3.63) is 46.2 Å². The average molecular weight is 405 g/mol. The third-order valence-corrected chi connectivity index (χ3v) is 5.89. The van der Waals surface area contributed by atoms with Crippen LogP contribution < -0.4 is 14.8 Å². The molecule has 0 aliphatic carbocycles. The molecule has 2 heterocycles. The van der Waals surface area contributed by atoms with E-state index in [1.807, 2.05) is 18.2 Å². The van der Waals surface area contributed by atoms with Crippen LogP contribution in [-0.4, -0.2) is 57.4 Å². The molecule has 1 aliphatic heterocycles. The molecule has 3 rings (SSSR count). The fourth-order valence-corrected chi connectivity index (χ4v) is 4.58. The summed E-state index contributed by atoms with van der Waals surface area (Å²) in [5, 5.41) is 5.28.